The summed E-state index contributed by atoms with van der Waals surface area (Å²) in [7, 11) is 0. The maximum atomic E-state index is 12.2. The number of halogens is 1. The summed E-state index contributed by atoms with van der Waals surface area (Å²) in [5.74, 6) is 0.343. The fourth-order valence-corrected chi connectivity index (χ4v) is 3.93. The van der Waals surface area contributed by atoms with Crippen LogP contribution in [0.25, 0.3) is 0 Å². The third-order valence-electron chi connectivity index (χ3n) is 3.52. The number of hydrogen-bond acceptors (Lipinski definition) is 2. The first-order chi connectivity index (χ1) is 8.81. The van der Waals surface area contributed by atoms with Gasteiger partial charge in [0.05, 0.1) is 0 Å². The summed E-state index contributed by atoms with van der Waals surface area (Å²) >= 11 is 5.31. The second kappa shape index (κ2) is 7.29. The van der Waals surface area contributed by atoms with Gasteiger partial charge in [0.1, 0.15) is 0 Å². The molecule has 2 rings (SSSR count). The smallest absolute Gasteiger partial charge is 0.222 e. The van der Waals surface area contributed by atoms with Crippen molar-refractivity contribution in [3.63, 3.8) is 0 Å². The summed E-state index contributed by atoms with van der Waals surface area (Å²) < 4.78 is 0. The Morgan fingerprint density at radius 1 is 1.50 bits per heavy atom. The van der Waals surface area contributed by atoms with Crippen LogP contribution in [0, 0.1) is 0 Å². The van der Waals surface area contributed by atoms with Crippen LogP contribution in [0.1, 0.15) is 37.0 Å². The quantitative estimate of drug-likeness (QED) is 0.751. The normalized spacial score (nSPS) is 20.1. The maximum Gasteiger partial charge on any atom is 0.222 e. The van der Waals surface area contributed by atoms with Crippen molar-refractivity contribution in [2.45, 2.75) is 44.6 Å². The molecule has 100 valence electrons. The van der Waals surface area contributed by atoms with Gasteiger partial charge < -0.3 is 4.90 Å². The van der Waals surface area contributed by atoms with Crippen LogP contribution in [0.2, 0.25) is 0 Å². The van der Waals surface area contributed by atoms with Gasteiger partial charge in [0.25, 0.3) is 0 Å². The highest BCUT2D eigenvalue weighted by Gasteiger charge is 2.25. The fraction of sp³-hybridized carbons (Fsp3) is 0.643. The molecular formula is C14H20BrNOS. The predicted octanol–water partition coefficient (Wildman–Crippen LogP) is 3.85. The van der Waals surface area contributed by atoms with Crippen molar-refractivity contribution < 1.29 is 4.79 Å². The Kier molecular flexibility index (Phi) is 5.70. The predicted molar refractivity (Wildman–Crippen MR) is 80.4 cm³/mol. The van der Waals surface area contributed by atoms with Crippen LogP contribution in [0.5, 0.6) is 0 Å². The monoisotopic (exact) mass is 329 g/mol. The Hall–Kier alpha value is -0.350. The number of aryl methyl sites for hydroxylation is 1. The average Bonchev–Trinajstić information content (AvgIpc) is 2.91. The van der Waals surface area contributed by atoms with E-state index >= 15 is 0 Å². The van der Waals surface area contributed by atoms with E-state index in [0.717, 1.165) is 31.1 Å². The van der Waals surface area contributed by atoms with Crippen LogP contribution in [-0.2, 0) is 11.2 Å². The zero-order valence-electron chi connectivity index (χ0n) is 10.6. The third kappa shape index (κ3) is 3.82. The first-order valence-electron chi connectivity index (χ1n) is 6.69. The molecule has 0 aromatic carbocycles. The Labute approximate surface area is 122 Å². The molecule has 1 aliphatic rings. The van der Waals surface area contributed by atoms with Gasteiger partial charge in [-0.25, -0.2) is 0 Å². The molecule has 2 nitrogen and oxygen atoms in total. The highest BCUT2D eigenvalue weighted by molar-refractivity contribution is 9.09. The minimum atomic E-state index is 0.343. The Morgan fingerprint density at radius 2 is 2.39 bits per heavy atom. The molecule has 0 radical (unpaired) electrons. The molecule has 0 saturated carbocycles. The van der Waals surface area contributed by atoms with Crippen LogP contribution < -0.4 is 0 Å². The maximum absolute atomic E-state index is 12.2. The van der Waals surface area contributed by atoms with Gasteiger partial charge in [0.15, 0.2) is 0 Å². The molecular weight excluding hydrogens is 310 g/mol. The second-order valence-corrected chi connectivity index (χ2v) is 6.50. The van der Waals surface area contributed by atoms with E-state index < -0.39 is 0 Å². The van der Waals surface area contributed by atoms with E-state index in [0.29, 0.717) is 18.4 Å². The lowest BCUT2D eigenvalue weighted by molar-refractivity contribution is -0.134. The number of alkyl halides is 1. The number of thiophene rings is 1. The number of piperidine rings is 1. The standard InChI is InChI=1S/C14H20BrNOS/c15-11-12-5-1-2-9-16(12)14(17)8-3-6-13-7-4-10-18-13/h4,7,10,12H,1-3,5-6,8-9,11H2. The Morgan fingerprint density at radius 3 is 3.11 bits per heavy atom. The van der Waals surface area contributed by atoms with Gasteiger partial charge in [-0.2, -0.15) is 0 Å². The Bertz CT molecular complexity index is 366. The van der Waals surface area contributed by atoms with Crippen molar-refractivity contribution in [1.82, 2.24) is 4.90 Å². The Balaban J connectivity index is 1.76. The molecule has 1 aromatic rings. The lowest BCUT2D eigenvalue weighted by Crippen LogP contribution is -2.44. The number of likely N-dealkylation sites (tertiary alicyclic amines) is 1. The van der Waals surface area contributed by atoms with Gasteiger partial charge >= 0.3 is 0 Å². The summed E-state index contributed by atoms with van der Waals surface area (Å²) in [6.45, 7) is 0.952. The van der Waals surface area contributed by atoms with Crippen LogP contribution in [0.15, 0.2) is 17.5 Å². The summed E-state index contributed by atoms with van der Waals surface area (Å²) in [6.07, 6.45) is 6.29. The number of carbonyl (C=O) groups excluding carboxylic acids is 1. The largest absolute Gasteiger partial charge is 0.339 e. The molecule has 1 saturated heterocycles. The zero-order valence-corrected chi connectivity index (χ0v) is 13.0. The van der Waals surface area contributed by atoms with E-state index in [4.69, 9.17) is 0 Å². The molecule has 0 aliphatic carbocycles. The molecule has 1 aliphatic heterocycles. The SMILES string of the molecule is O=C(CCCc1cccs1)N1CCCCC1CBr. The van der Waals surface area contributed by atoms with Gasteiger partial charge in [0, 0.05) is 29.2 Å². The van der Waals surface area contributed by atoms with Crippen molar-refractivity contribution in [3.8, 4) is 0 Å². The molecule has 2 heterocycles. The van der Waals surface area contributed by atoms with E-state index in [1.807, 2.05) is 0 Å². The lowest BCUT2D eigenvalue weighted by Gasteiger charge is -2.34. The molecule has 1 fully saturated rings. The third-order valence-corrected chi connectivity index (χ3v) is 5.20. The van der Waals surface area contributed by atoms with Gasteiger partial charge in [-0.1, -0.05) is 22.0 Å². The van der Waals surface area contributed by atoms with Gasteiger partial charge in [0.2, 0.25) is 5.91 Å². The fourth-order valence-electron chi connectivity index (χ4n) is 2.50. The van der Waals surface area contributed by atoms with Crippen LogP contribution >= 0.6 is 27.3 Å². The molecule has 0 spiro atoms. The molecule has 18 heavy (non-hydrogen) atoms. The number of rotatable bonds is 5. The van der Waals surface area contributed by atoms with Gasteiger partial charge in [-0.3, -0.25) is 4.79 Å². The number of amides is 1. The van der Waals surface area contributed by atoms with Gasteiger partial charge in [-0.05, 0) is 43.6 Å². The minimum absolute atomic E-state index is 0.343. The molecule has 0 N–H and O–H groups in total. The van der Waals surface area contributed by atoms with Crippen LogP contribution in [0.4, 0.5) is 0 Å². The highest BCUT2D eigenvalue weighted by Crippen LogP contribution is 2.20. The second-order valence-electron chi connectivity index (χ2n) is 4.82. The van der Waals surface area contributed by atoms with Crippen molar-refractivity contribution in [3.05, 3.63) is 22.4 Å². The molecule has 1 amide bonds. The van der Waals surface area contributed by atoms with E-state index in [-0.39, 0.29) is 0 Å². The van der Waals surface area contributed by atoms with Crippen molar-refractivity contribution >= 4 is 33.2 Å². The molecule has 4 heteroatoms. The highest BCUT2D eigenvalue weighted by atomic mass is 79.9. The summed E-state index contributed by atoms with van der Waals surface area (Å²) in [5, 5.41) is 3.02. The minimum Gasteiger partial charge on any atom is -0.339 e. The van der Waals surface area contributed by atoms with Gasteiger partial charge in [-0.15, -0.1) is 11.3 Å². The summed E-state index contributed by atoms with van der Waals surface area (Å²) in [5.41, 5.74) is 0. The molecule has 1 aromatic heterocycles. The number of hydrogen-bond donors (Lipinski definition) is 0. The molecule has 1 unspecified atom stereocenters. The summed E-state index contributed by atoms with van der Waals surface area (Å²) in [4.78, 5) is 15.7. The molecule has 1 atom stereocenters. The number of nitrogens with zero attached hydrogens (tertiary/aromatic N) is 1. The van der Waals surface area contributed by atoms with Crippen LogP contribution in [0.3, 0.4) is 0 Å². The first kappa shape index (κ1) is 14.1. The average molecular weight is 330 g/mol. The van der Waals surface area contributed by atoms with E-state index in [9.17, 15) is 4.79 Å². The van der Waals surface area contributed by atoms with Crippen molar-refractivity contribution in [1.29, 1.82) is 0 Å². The van der Waals surface area contributed by atoms with E-state index in [1.165, 1.54) is 17.7 Å². The van der Waals surface area contributed by atoms with E-state index in [2.05, 4.69) is 38.3 Å². The lowest BCUT2D eigenvalue weighted by atomic mass is 10.0. The zero-order chi connectivity index (χ0) is 12.8. The summed E-state index contributed by atoms with van der Waals surface area (Å²) in [6, 6.07) is 4.65. The topological polar surface area (TPSA) is 20.3 Å². The molecule has 0 bridgehead atoms. The first-order valence-corrected chi connectivity index (χ1v) is 8.69. The number of carbonyl (C=O) groups is 1. The van der Waals surface area contributed by atoms with Crippen molar-refractivity contribution in [2.24, 2.45) is 0 Å². The van der Waals surface area contributed by atoms with Crippen LogP contribution in [-0.4, -0.2) is 28.7 Å². The van der Waals surface area contributed by atoms with E-state index in [1.54, 1.807) is 11.3 Å². The van der Waals surface area contributed by atoms with Crippen molar-refractivity contribution in [2.75, 3.05) is 11.9 Å².